The summed E-state index contributed by atoms with van der Waals surface area (Å²) in [6, 6.07) is 13.2. The van der Waals surface area contributed by atoms with Crippen molar-refractivity contribution in [3.63, 3.8) is 0 Å². The first-order valence-electron chi connectivity index (χ1n) is 6.35. The van der Waals surface area contributed by atoms with Crippen LogP contribution in [-0.4, -0.2) is 20.1 Å². The fraction of sp³-hybridized carbons (Fsp3) is 0.133. The molecule has 5 nitrogen and oxygen atoms in total. The second-order valence-electron chi connectivity index (χ2n) is 4.54. The molecule has 7 heteroatoms. The standard InChI is InChI=1S/C15H13ClN2O3S/c16-13-5-3-12(4-6-13)15(10-19)18-22(20,21)14-7-1-11(9-17)2-8-14/h1-8,15,18-19H,10H2. The maximum absolute atomic E-state index is 12.3. The number of aliphatic hydroxyl groups excluding tert-OH is 1. The molecule has 0 saturated carbocycles. The fourth-order valence-corrected chi connectivity index (χ4v) is 3.21. The van der Waals surface area contributed by atoms with E-state index in [9.17, 15) is 13.5 Å². The first kappa shape index (κ1) is 16.5. The molecule has 2 rings (SSSR count). The number of nitrogens with one attached hydrogen (secondary N) is 1. The summed E-state index contributed by atoms with van der Waals surface area (Å²) in [7, 11) is -3.81. The molecule has 0 saturated heterocycles. The molecule has 0 bridgehead atoms. The first-order valence-corrected chi connectivity index (χ1v) is 8.21. The summed E-state index contributed by atoms with van der Waals surface area (Å²) in [6.45, 7) is -0.392. The highest BCUT2D eigenvalue weighted by molar-refractivity contribution is 7.89. The molecular weight excluding hydrogens is 324 g/mol. The van der Waals surface area contributed by atoms with Crippen molar-refractivity contribution in [1.82, 2.24) is 4.72 Å². The minimum Gasteiger partial charge on any atom is -0.394 e. The molecule has 0 amide bonds. The maximum Gasteiger partial charge on any atom is 0.241 e. The van der Waals surface area contributed by atoms with Crippen LogP contribution in [0.3, 0.4) is 0 Å². The molecule has 114 valence electrons. The van der Waals surface area contributed by atoms with Gasteiger partial charge in [0.05, 0.1) is 29.2 Å². The van der Waals surface area contributed by atoms with E-state index >= 15 is 0 Å². The Hall–Kier alpha value is -1.91. The van der Waals surface area contributed by atoms with Crippen molar-refractivity contribution < 1.29 is 13.5 Å². The summed E-state index contributed by atoms with van der Waals surface area (Å²) in [5.41, 5.74) is 0.972. The van der Waals surface area contributed by atoms with Gasteiger partial charge < -0.3 is 5.11 Å². The Morgan fingerprint density at radius 2 is 1.73 bits per heavy atom. The predicted octanol–water partition coefficient (Wildman–Crippen LogP) is 2.22. The Morgan fingerprint density at radius 1 is 1.14 bits per heavy atom. The van der Waals surface area contributed by atoms with E-state index in [2.05, 4.69) is 4.72 Å². The average molecular weight is 337 g/mol. The third-order valence-corrected chi connectivity index (χ3v) is 4.79. The zero-order valence-corrected chi connectivity index (χ0v) is 13.0. The van der Waals surface area contributed by atoms with Crippen LogP contribution in [-0.2, 0) is 10.0 Å². The number of aliphatic hydroxyl groups is 1. The second kappa shape index (κ2) is 6.90. The number of rotatable bonds is 5. The molecule has 1 atom stereocenters. The Balaban J connectivity index is 2.25. The van der Waals surface area contributed by atoms with Gasteiger partial charge in [-0.1, -0.05) is 23.7 Å². The van der Waals surface area contributed by atoms with Crippen molar-refractivity contribution in [2.75, 3.05) is 6.61 Å². The largest absolute Gasteiger partial charge is 0.394 e. The zero-order chi connectivity index (χ0) is 16.2. The molecule has 22 heavy (non-hydrogen) atoms. The Kier molecular flexibility index (Phi) is 5.16. The number of hydrogen-bond acceptors (Lipinski definition) is 4. The van der Waals surface area contributed by atoms with E-state index in [4.69, 9.17) is 16.9 Å². The molecule has 0 radical (unpaired) electrons. The van der Waals surface area contributed by atoms with Gasteiger partial charge in [-0.15, -0.1) is 0 Å². The maximum atomic E-state index is 12.3. The third-order valence-electron chi connectivity index (χ3n) is 3.05. The average Bonchev–Trinajstić information content (AvgIpc) is 2.53. The van der Waals surface area contributed by atoms with E-state index in [1.54, 1.807) is 24.3 Å². The highest BCUT2D eigenvalue weighted by Crippen LogP contribution is 2.19. The van der Waals surface area contributed by atoms with Crippen LogP contribution in [0.15, 0.2) is 53.4 Å². The monoisotopic (exact) mass is 336 g/mol. The summed E-state index contributed by atoms with van der Waals surface area (Å²) in [4.78, 5) is 0.0268. The van der Waals surface area contributed by atoms with Gasteiger partial charge >= 0.3 is 0 Å². The Bertz CT molecular complexity index is 781. The molecule has 0 aliphatic heterocycles. The van der Waals surface area contributed by atoms with Gasteiger partial charge in [-0.05, 0) is 42.0 Å². The van der Waals surface area contributed by atoms with Crippen molar-refractivity contribution >= 4 is 21.6 Å². The minimum absolute atomic E-state index is 0.0268. The van der Waals surface area contributed by atoms with Crippen LogP contribution >= 0.6 is 11.6 Å². The molecular formula is C15H13ClN2O3S. The van der Waals surface area contributed by atoms with Gasteiger partial charge in [-0.2, -0.15) is 5.26 Å². The molecule has 1 unspecified atom stereocenters. The molecule has 2 N–H and O–H groups in total. The number of nitriles is 1. The Morgan fingerprint density at radius 3 is 2.23 bits per heavy atom. The molecule has 2 aromatic carbocycles. The molecule has 0 spiro atoms. The van der Waals surface area contributed by atoms with Gasteiger partial charge in [0, 0.05) is 5.02 Å². The lowest BCUT2D eigenvalue weighted by molar-refractivity contribution is 0.259. The number of benzene rings is 2. The van der Waals surface area contributed by atoms with Crippen LogP contribution in [0.2, 0.25) is 5.02 Å². The fourth-order valence-electron chi connectivity index (χ4n) is 1.87. The van der Waals surface area contributed by atoms with Gasteiger partial charge in [-0.3, -0.25) is 0 Å². The van der Waals surface area contributed by atoms with Gasteiger partial charge in [-0.25, -0.2) is 13.1 Å². The summed E-state index contributed by atoms with van der Waals surface area (Å²) >= 11 is 5.79. The lowest BCUT2D eigenvalue weighted by Gasteiger charge is -2.17. The lowest BCUT2D eigenvalue weighted by Crippen LogP contribution is -2.30. The first-order chi connectivity index (χ1) is 10.5. The van der Waals surface area contributed by atoms with E-state index in [-0.39, 0.29) is 4.90 Å². The predicted molar refractivity (Wildman–Crippen MR) is 82.8 cm³/mol. The highest BCUT2D eigenvalue weighted by atomic mass is 35.5. The second-order valence-corrected chi connectivity index (χ2v) is 6.69. The Labute approximate surface area is 133 Å². The van der Waals surface area contributed by atoms with Crippen LogP contribution in [0.4, 0.5) is 0 Å². The van der Waals surface area contributed by atoms with Gasteiger partial charge in [0.2, 0.25) is 10.0 Å². The van der Waals surface area contributed by atoms with Crippen LogP contribution in [0.1, 0.15) is 17.2 Å². The van der Waals surface area contributed by atoms with E-state index < -0.39 is 22.7 Å². The van der Waals surface area contributed by atoms with Crippen molar-refractivity contribution in [3.05, 3.63) is 64.7 Å². The van der Waals surface area contributed by atoms with Gasteiger partial charge in [0.25, 0.3) is 0 Å². The molecule has 0 aromatic heterocycles. The highest BCUT2D eigenvalue weighted by Gasteiger charge is 2.20. The van der Waals surface area contributed by atoms with Crippen LogP contribution < -0.4 is 4.72 Å². The quantitative estimate of drug-likeness (QED) is 0.876. The van der Waals surface area contributed by atoms with Crippen molar-refractivity contribution in [3.8, 4) is 6.07 Å². The summed E-state index contributed by atoms with van der Waals surface area (Å²) in [5, 5.41) is 18.7. The molecule has 0 aliphatic carbocycles. The van der Waals surface area contributed by atoms with Gasteiger partial charge in [0.1, 0.15) is 0 Å². The molecule has 2 aromatic rings. The van der Waals surface area contributed by atoms with Crippen molar-refractivity contribution in [2.24, 2.45) is 0 Å². The van der Waals surface area contributed by atoms with Crippen molar-refractivity contribution in [2.45, 2.75) is 10.9 Å². The zero-order valence-electron chi connectivity index (χ0n) is 11.4. The van der Waals surface area contributed by atoms with Crippen LogP contribution in [0, 0.1) is 11.3 Å². The molecule has 0 fully saturated rings. The summed E-state index contributed by atoms with van der Waals surface area (Å²) in [6.07, 6.45) is 0. The van der Waals surface area contributed by atoms with E-state index in [0.29, 0.717) is 16.1 Å². The lowest BCUT2D eigenvalue weighted by atomic mass is 10.1. The van der Waals surface area contributed by atoms with Crippen LogP contribution in [0.5, 0.6) is 0 Å². The topological polar surface area (TPSA) is 90.2 Å². The van der Waals surface area contributed by atoms with Crippen molar-refractivity contribution in [1.29, 1.82) is 5.26 Å². The number of hydrogen-bond donors (Lipinski definition) is 2. The molecule has 0 aliphatic rings. The third kappa shape index (κ3) is 3.84. The van der Waals surface area contributed by atoms with Gasteiger partial charge in [0.15, 0.2) is 0 Å². The summed E-state index contributed by atoms with van der Waals surface area (Å²) in [5.74, 6) is 0. The normalized spacial score (nSPS) is 12.6. The van der Waals surface area contributed by atoms with E-state index in [1.807, 2.05) is 6.07 Å². The number of sulfonamides is 1. The number of halogens is 1. The summed E-state index contributed by atoms with van der Waals surface area (Å²) < 4.78 is 27.0. The minimum atomic E-state index is -3.81. The molecule has 0 heterocycles. The van der Waals surface area contributed by atoms with Crippen LogP contribution in [0.25, 0.3) is 0 Å². The number of nitrogens with zero attached hydrogens (tertiary/aromatic N) is 1. The van der Waals surface area contributed by atoms with E-state index in [1.165, 1.54) is 24.3 Å². The smallest absolute Gasteiger partial charge is 0.241 e. The van der Waals surface area contributed by atoms with E-state index in [0.717, 1.165) is 0 Å². The SMILES string of the molecule is N#Cc1ccc(S(=O)(=O)NC(CO)c2ccc(Cl)cc2)cc1.